The number of nitrogens with zero attached hydrogens (tertiary/aromatic N) is 1. The molecule has 2 rings (SSSR count). The minimum absolute atomic E-state index is 0.0884. The predicted octanol–water partition coefficient (Wildman–Crippen LogP) is 1.62. The highest BCUT2D eigenvalue weighted by Crippen LogP contribution is 2.21. The summed E-state index contributed by atoms with van der Waals surface area (Å²) in [6.07, 6.45) is 4.05. The monoisotopic (exact) mass is 337 g/mol. The van der Waals surface area contributed by atoms with Gasteiger partial charge in [0.2, 0.25) is 0 Å². The number of non-ortho nitro benzene ring substituents is 1. The Morgan fingerprint density at radius 2 is 1.88 bits per heavy atom. The minimum atomic E-state index is -1.16. The number of nitro benzene ring substituents is 1. The zero-order valence-corrected chi connectivity index (χ0v) is 13.4. The van der Waals surface area contributed by atoms with Crippen molar-refractivity contribution in [3.8, 4) is 0 Å². The van der Waals surface area contributed by atoms with Crippen LogP contribution in [0, 0.1) is 10.1 Å². The van der Waals surface area contributed by atoms with Crippen molar-refractivity contribution in [1.29, 1.82) is 0 Å². The number of aliphatic hydroxyl groups excluding tert-OH is 2. The van der Waals surface area contributed by atoms with Gasteiger partial charge in [0.1, 0.15) is 6.10 Å². The molecule has 0 unspecified atom stereocenters. The molecule has 4 N–H and O–H groups in total. The summed E-state index contributed by atoms with van der Waals surface area (Å²) in [4.78, 5) is 22.1. The van der Waals surface area contributed by atoms with Gasteiger partial charge in [-0.2, -0.15) is 0 Å². The summed E-state index contributed by atoms with van der Waals surface area (Å²) in [5.41, 5.74) is 0.298. The first-order valence-electron chi connectivity index (χ1n) is 8.11. The first-order valence-corrected chi connectivity index (χ1v) is 8.11. The average molecular weight is 337 g/mol. The lowest BCUT2D eigenvalue weighted by atomic mass is 9.96. The topological polar surface area (TPSA) is 125 Å². The largest absolute Gasteiger partial charge is 0.394 e. The summed E-state index contributed by atoms with van der Waals surface area (Å²) in [5, 5.41) is 35.8. The maximum absolute atomic E-state index is 12.0. The second-order valence-electron chi connectivity index (χ2n) is 6.04. The lowest BCUT2D eigenvalue weighted by Gasteiger charge is -2.26. The van der Waals surface area contributed by atoms with Crippen LogP contribution in [-0.4, -0.2) is 39.9 Å². The van der Waals surface area contributed by atoms with Gasteiger partial charge in [0.25, 0.3) is 5.69 Å². The van der Waals surface area contributed by atoms with Crippen molar-refractivity contribution in [2.24, 2.45) is 0 Å². The summed E-state index contributed by atoms with van der Waals surface area (Å²) < 4.78 is 0. The Labute approximate surface area is 140 Å². The van der Waals surface area contributed by atoms with E-state index >= 15 is 0 Å². The van der Waals surface area contributed by atoms with Crippen molar-refractivity contribution in [3.63, 3.8) is 0 Å². The van der Waals surface area contributed by atoms with E-state index in [1.807, 2.05) is 0 Å². The normalized spacial score (nSPS) is 17.8. The molecule has 0 bridgehead atoms. The molecule has 1 aliphatic carbocycles. The van der Waals surface area contributed by atoms with Gasteiger partial charge in [0, 0.05) is 18.2 Å². The van der Waals surface area contributed by atoms with E-state index in [1.54, 1.807) is 0 Å². The highest BCUT2D eigenvalue weighted by atomic mass is 16.6. The molecular weight excluding hydrogens is 314 g/mol. The van der Waals surface area contributed by atoms with Gasteiger partial charge in [-0.3, -0.25) is 10.1 Å². The number of carbonyl (C=O) groups excluding carboxylic acids is 1. The van der Waals surface area contributed by atoms with Crippen molar-refractivity contribution >= 4 is 11.7 Å². The summed E-state index contributed by atoms with van der Waals surface area (Å²) in [6.45, 7) is -0.448. The van der Waals surface area contributed by atoms with Gasteiger partial charge in [-0.1, -0.05) is 19.3 Å². The van der Waals surface area contributed by atoms with Crippen LogP contribution in [-0.2, 0) is 0 Å². The quantitative estimate of drug-likeness (QED) is 0.464. The van der Waals surface area contributed by atoms with Gasteiger partial charge >= 0.3 is 6.03 Å². The van der Waals surface area contributed by atoms with Gasteiger partial charge in [0.15, 0.2) is 0 Å². The molecule has 8 nitrogen and oxygen atoms in total. The fourth-order valence-electron chi connectivity index (χ4n) is 2.89. The van der Waals surface area contributed by atoms with Crippen molar-refractivity contribution in [1.82, 2.24) is 10.6 Å². The van der Waals surface area contributed by atoms with Crippen LogP contribution in [0.4, 0.5) is 10.5 Å². The SMILES string of the molecule is O=C(NC1CCCCC1)N[C@@H](CO)[C@@H](O)c1ccc([N+](=O)[O-])cc1. The average Bonchev–Trinajstić information content (AvgIpc) is 2.60. The number of urea groups is 1. The first-order chi connectivity index (χ1) is 11.5. The molecule has 8 heteroatoms. The second-order valence-corrected chi connectivity index (χ2v) is 6.04. The molecule has 1 aromatic carbocycles. The molecule has 132 valence electrons. The van der Waals surface area contributed by atoms with Crippen LogP contribution in [0.2, 0.25) is 0 Å². The molecule has 1 aromatic rings. The Morgan fingerprint density at radius 1 is 1.25 bits per heavy atom. The first kappa shape index (κ1) is 18.2. The smallest absolute Gasteiger partial charge is 0.315 e. The van der Waals surface area contributed by atoms with Crippen LogP contribution in [0.25, 0.3) is 0 Å². The lowest BCUT2D eigenvalue weighted by Crippen LogP contribution is -2.49. The van der Waals surface area contributed by atoms with Crippen LogP contribution in [0.5, 0.6) is 0 Å². The number of hydrogen-bond acceptors (Lipinski definition) is 5. The van der Waals surface area contributed by atoms with Crippen molar-refractivity contribution < 1.29 is 19.9 Å². The maximum atomic E-state index is 12.0. The molecule has 0 radical (unpaired) electrons. The summed E-state index contributed by atoms with van der Waals surface area (Å²) in [5.74, 6) is 0. The Kier molecular flexibility index (Phi) is 6.51. The van der Waals surface area contributed by atoms with E-state index < -0.39 is 29.7 Å². The molecule has 2 atom stereocenters. The number of nitrogens with one attached hydrogen (secondary N) is 2. The minimum Gasteiger partial charge on any atom is -0.394 e. The molecular formula is C16H23N3O5. The molecule has 1 saturated carbocycles. The number of amides is 2. The Morgan fingerprint density at radius 3 is 2.42 bits per heavy atom. The zero-order valence-electron chi connectivity index (χ0n) is 13.4. The molecule has 0 aromatic heterocycles. The predicted molar refractivity (Wildman–Crippen MR) is 87.5 cm³/mol. The molecule has 0 aliphatic heterocycles. The van der Waals surface area contributed by atoms with Gasteiger partial charge in [-0.15, -0.1) is 0 Å². The van der Waals surface area contributed by atoms with E-state index in [4.69, 9.17) is 0 Å². The van der Waals surface area contributed by atoms with Crippen LogP contribution in [0.1, 0.15) is 43.8 Å². The van der Waals surface area contributed by atoms with E-state index in [0.717, 1.165) is 25.7 Å². The number of aliphatic hydroxyl groups is 2. The molecule has 0 heterocycles. The third-order valence-electron chi connectivity index (χ3n) is 4.28. The third kappa shape index (κ3) is 4.90. The van der Waals surface area contributed by atoms with Crippen molar-refractivity contribution in [2.45, 2.75) is 50.3 Å². The van der Waals surface area contributed by atoms with E-state index in [2.05, 4.69) is 10.6 Å². The van der Waals surface area contributed by atoms with Gasteiger partial charge < -0.3 is 20.8 Å². The summed E-state index contributed by atoms with van der Waals surface area (Å²) in [7, 11) is 0. The molecule has 1 fully saturated rings. The number of carbonyl (C=O) groups is 1. The molecule has 1 aliphatic rings. The maximum Gasteiger partial charge on any atom is 0.315 e. The Hall–Kier alpha value is -2.19. The van der Waals surface area contributed by atoms with Crippen molar-refractivity contribution in [2.75, 3.05) is 6.61 Å². The fraction of sp³-hybridized carbons (Fsp3) is 0.562. The number of nitro groups is 1. The summed E-state index contributed by atoms with van der Waals surface area (Å²) >= 11 is 0. The number of hydrogen-bond donors (Lipinski definition) is 4. The highest BCUT2D eigenvalue weighted by molar-refractivity contribution is 5.74. The standard InChI is InChI=1S/C16H23N3O5/c20-10-14(18-16(22)17-12-4-2-1-3-5-12)15(21)11-6-8-13(9-7-11)19(23)24/h6-9,12,14-15,20-21H,1-5,10H2,(H2,17,18,22)/t14-,15-/m0/s1. The lowest BCUT2D eigenvalue weighted by molar-refractivity contribution is -0.384. The van der Waals surface area contributed by atoms with E-state index in [1.165, 1.54) is 30.7 Å². The highest BCUT2D eigenvalue weighted by Gasteiger charge is 2.24. The van der Waals surface area contributed by atoms with Crippen molar-refractivity contribution in [3.05, 3.63) is 39.9 Å². The molecule has 0 spiro atoms. The molecule has 0 saturated heterocycles. The second kappa shape index (κ2) is 8.60. The van der Waals surface area contributed by atoms with Crippen LogP contribution in [0.15, 0.2) is 24.3 Å². The Bertz CT molecular complexity index is 557. The fourth-order valence-corrected chi connectivity index (χ4v) is 2.89. The van der Waals surface area contributed by atoms with Crippen LogP contribution >= 0.6 is 0 Å². The molecule has 24 heavy (non-hydrogen) atoms. The van der Waals surface area contributed by atoms with Gasteiger partial charge in [0.05, 0.1) is 17.6 Å². The van der Waals surface area contributed by atoms with Crippen LogP contribution < -0.4 is 10.6 Å². The summed E-state index contributed by atoms with van der Waals surface area (Å²) in [6, 6.07) is 4.16. The van der Waals surface area contributed by atoms with E-state index in [9.17, 15) is 25.1 Å². The van der Waals surface area contributed by atoms with Gasteiger partial charge in [-0.25, -0.2) is 4.79 Å². The number of rotatable bonds is 6. The van der Waals surface area contributed by atoms with E-state index in [-0.39, 0.29) is 11.7 Å². The van der Waals surface area contributed by atoms with Crippen LogP contribution in [0.3, 0.4) is 0 Å². The van der Waals surface area contributed by atoms with E-state index in [0.29, 0.717) is 5.56 Å². The number of benzene rings is 1. The molecule has 2 amide bonds. The zero-order chi connectivity index (χ0) is 17.5. The Balaban J connectivity index is 1.93. The third-order valence-corrected chi connectivity index (χ3v) is 4.28. The van der Waals surface area contributed by atoms with Gasteiger partial charge in [-0.05, 0) is 30.5 Å².